The molecule has 8 heteroatoms. The van der Waals surface area contributed by atoms with Gasteiger partial charge < -0.3 is 15.0 Å². The highest BCUT2D eigenvalue weighted by molar-refractivity contribution is 5.79. The first-order valence-corrected chi connectivity index (χ1v) is 11.6. The maximum atomic E-state index is 12.9. The van der Waals surface area contributed by atoms with E-state index < -0.39 is 0 Å². The fraction of sp³-hybridized carbons (Fsp3) is 0.542. The van der Waals surface area contributed by atoms with Crippen molar-refractivity contribution in [1.29, 1.82) is 0 Å². The molecule has 3 heterocycles. The average molecular weight is 439 g/mol. The van der Waals surface area contributed by atoms with Crippen molar-refractivity contribution in [2.45, 2.75) is 59.2 Å². The van der Waals surface area contributed by atoms with Crippen LogP contribution in [-0.4, -0.2) is 56.4 Å². The van der Waals surface area contributed by atoms with E-state index >= 15 is 0 Å². The lowest BCUT2D eigenvalue weighted by Crippen LogP contribution is -2.53. The molecular weight excluding hydrogens is 404 g/mol. The van der Waals surface area contributed by atoms with E-state index in [1.54, 1.807) is 11.7 Å². The highest BCUT2D eigenvalue weighted by Crippen LogP contribution is 2.30. The standard InChI is InChI=1S/C24H34N6O2/c1-6-8-19-21-22(29(5)28-19)24(31)27-23(26-21)18-11-17(9-10-20(18)32-7-2)14-30-12-15(3)25-16(4)13-30/h9-11,15-16,25H,6-8,12-14H2,1-5H3,(H,26,27,31)/t15-,16+. The number of aromatic amines is 1. The van der Waals surface area contributed by atoms with Gasteiger partial charge in [-0.15, -0.1) is 0 Å². The molecule has 1 fully saturated rings. The van der Waals surface area contributed by atoms with Crippen LogP contribution in [0, 0.1) is 0 Å². The Balaban J connectivity index is 1.76. The van der Waals surface area contributed by atoms with Crippen molar-refractivity contribution in [2.24, 2.45) is 7.05 Å². The lowest BCUT2D eigenvalue weighted by Gasteiger charge is -2.36. The van der Waals surface area contributed by atoms with Crippen LogP contribution in [0.1, 0.15) is 45.4 Å². The van der Waals surface area contributed by atoms with Crippen LogP contribution < -0.4 is 15.6 Å². The molecule has 0 bridgehead atoms. The summed E-state index contributed by atoms with van der Waals surface area (Å²) in [6.45, 7) is 11.9. The Morgan fingerprint density at radius 1 is 1.19 bits per heavy atom. The molecule has 172 valence electrons. The summed E-state index contributed by atoms with van der Waals surface area (Å²) >= 11 is 0. The van der Waals surface area contributed by atoms with Gasteiger partial charge in [0.2, 0.25) is 0 Å². The number of aryl methyl sites for hydroxylation is 2. The summed E-state index contributed by atoms with van der Waals surface area (Å²) in [5, 5.41) is 8.11. The van der Waals surface area contributed by atoms with Crippen LogP contribution >= 0.6 is 0 Å². The third kappa shape index (κ3) is 4.56. The second-order valence-electron chi connectivity index (χ2n) is 8.86. The van der Waals surface area contributed by atoms with Crippen LogP contribution in [0.3, 0.4) is 0 Å². The minimum absolute atomic E-state index is 0.181. The first kappa shape index (κ1) is 22.5. The first-order chi connectivity index (χ1) is 15.4. The van der Waals surface area contributed by atoms with Crippen LogP contribution in [0.4, 0.5) is 0 Å². The summed E-state index contributed by atoms with van der Waals surface area (Å²) in [7, 11) is 1.79. The Bertz CT molecular complexity index is 1140. The number of piperazine rings is 1. The number of H-pyrrole nitrogens is 1. The van der Waals surface area contributed by atoms with Crippen molar-refractivity contribution in [3.05, 3.63) is 39.8 Å². The Labute approximate surface area is 189 Å². The topological polar surface area (TPSA) is 88.1 Å². The molecule has 0 unspecified atom stereocenters. The minimum Gasteiger partial charge on any atom is -0.493 e. The molecule has 1 aliphatic heterocycles. The molecule has 1 aliphatic rings. The predicted molar refractivity (Wildman–Crippen MR) is 127 cm³/mol. The fourth-order valence-electron chi connectivity index (χ4n) is 4.75. The summed E-state index contributed by atoms with van der Waals surface area (Å²) < 4.78 is 7.53. The second kappa shape index (κ2) is 9.42. The van der Waals surface area contributed by atoms with E-state index in [2.05, 4.69) is 53.2 Å². The summed E-state index contributed by atoms with van der Waals surface area (Å²) in [5.41, 5.74) is 3.84. The van der Waals surface area contributed by atoms with E-state index in [0.717, 1.165) is 49.5 Å². The predicted octanol–water partition coefficient (Wildman–Crippen LogP) is 2.86. The minimum atomic E-state index is -0.181. The number of hydrogen-bond acceptors (Lipinski definition) is 6. The van der Waals surface area contributed by atoms with Gasteiger partial charge in [-0.3, -0.25) is 14.4 Å². The molecule has 8 nitrogen and oxygen atoms in total. The van der Waals surface area contributed by atoms with Crippen LogP contribution in [0.5, 0.6) is 5.75 Å². The molecule has 0 spiro atoms. The van der Waals surface area contributed by atoms with Crippen molar-refractivity contribution in [1.82, 2.24) is 30.0 Å². The maximum Gasteiger partial charge on any atom is 0.277 e. The molecule has 0 radical (unpaired) electrons. The monoisotopic (exact) mass is 438 g/mol. The molecule has 32 heavy (non-hydrogen) atoms. The molecule has 2 atom stereocenters. The molecule has 3 aromatic rings. The maximum absolute atomic E-state index is 12.9. The highest BCUT2D eigenvalue weighted by Gasteiger charge is 2.22. The molecule has 1 aromatic carbocycles. The second-order valence-corrected chi connectivity index (χ2v) is 8.86. The van der Waals surface area contributed by atoms with E-state index in [1.807, 2.05) is 13.0 Å². The summed E-state index contributed by atoms with van der Waals surface area (Å²) in [6, 6.07) is 7.12. The Morgan fingerprint density at radius 3 is 2.62 bits per heavy atom. The van der Waals surface area contributed by atoms with E-state index in [-0.39, 0.29) is 5.56 Å². The van der Waals surface area contributed by atoms with Crippen LogP contribution in [0.25, 0.3) is 22.4 Å². The molecular formula is C24H34N6O2. The van der Waals surface area contributed by atoms with Crippen molar-refractivity contribution in [3.63, 3.8) is 0 Å². The van der Waals surface area contributed by atoms with Gasteiger partial charge in [0.1, 0.15) is 17.1 Å². The highest BCUT2D eigenvalue weighted by atomic mass is 16.5. The van der Waals surface area contributed by atoms with Gasteiger partial charge >= 0.3 is 0 Å². The quantitative estimate of drug-likeness (QED) is 0.590. The molecule has 4 rings (SSSR count). The number of nitrogens with zero attached hydrogens (tertiary/aromatic N) is 4. The van der Waals surface area contributed by atoms with E-state index in [0.29, 0.717) is 35.5 Å². The van der Waals surface area contributed by atoms with Crippen molar-refractivity contribution in [3.8, 4) is 17.1 Å². The van der Waals surface area contributed by atoms with E-state index in [1.165, 1.54) is 5.56 Å². The molecule has 2 aromatic heterocycles. The number of nitrogens with one attached hydrogen (secondary N) is 2. The van der Waals surface area contributed by atoms with E-state index in [4.69, 9.17) is 9.72 Å². The van der Waals surface area contributed by atoms with Gasteiger partial charge in [-0.2, -0.15) is 5.10 Å². The van der Waals surface area contributed by atoms with Crippen molar-refractivity contribution in [2.75, 3.05) is 19.7 Å². The largest absolute Gasteiger partial charge is 0.493 e. The van der Waals surface area contributed by atoms with E-state index in [9.17, 15) is 4.79 Å². The normalized spacial score (nSPS) is 19.5. The smallest absolute Gasteiger partial charge is 0.277 e. The molecule has 0 amide bonds. The van der Waals surface area contributed by atoms with Gasteiger partial charge in [-0.05, 0) is 44.9 Å². The number of ether oxygens (including phenoxy) is 1. The number of benzene rings is 1. The van der Waals surface area contributed by atoms with Gasteiger partial charge in [-0.1, -0.05) is 19.4 Å². The third-order valence-electron chi connectivity index (χ3n) is 5.89. The zero-order valence-electron chi connectivity index (χ0n) is 19.7. The zero-order valence-corrected chi connectivity index (χ0v) is 19.7. The number of hydrogen-bond donors (Lipinski definition) is 2. The summed E-state index contributed by atoms with van der Waals surface area (Å²) in [5.74, 6) is 1.25. The third-order valence-corrected chi connectivity index (χ3v) is 5.89. The van der Waals surface area contributed by atoms with Crippen LogP contribution in [0.15, 0.2) is 23.0 Å². The molecule has 0 aliphatic carbocycles. The summed E-state index contributed by atoms with van der Waals surface area (Å²) in [4.78, 5) is 23.2. The average Bonchev–Trinajstić information content (AvgIpc) is 3.04. The lowest BCUT2D eigenvalue weighted by atomic mass is 10.1. The van der Waals surface area contributed by atoms with Gasteiger partial charge in [0, 0.05) is 38.8 Å². The number of aromatic nitrogens is 4. The fourth-order valence-corrected chi connectivity index (χ4v) is 4.75. The lowest BCUT2D eigenvalue weighted by molar-refractivity contribution is 0.166. The SMILES string of the molecule is CCCc1nn(C)c2c(=O)[nH]c(-c3cc(CN4C[C@@H](C)N[C@@H](C)C4)ccc3OCC)nc12. The molecule has 2 N–H and O–H groups in total. The Morgan fingerprint density at radius 2 is 1.94 bits per heavy atom. The zero-order chi connectivity index (χ0) is 22.8. The first-order valence-electron chi connectivity index (χ1n) is 11.6. The van der Waals surface area contributed by atoms with Gasteiger partial charge in [-0.25, -0.2) is 4.98 Å². The van der Waals surface area contributed by atoms with Gasteiger partial charge in [0.05, 0.1) is 17.9 Å². The molecule has 1 saturated heterocycles. The Kier molecular flexibility index (Phi) is 6.62. The van der Waals surface area contributed by atoms with Gasteiger partial charge in [0.25, 0.3) is 5.56 Å². The Hall–Kier alpha value is -2.71. The van der Waals surface area contributed by atoms with Gasteiger partial charge in [0.15, 0.2) is 5.52 Å². The summed E-state index contributed by atoms with van der Waals surface area (Å²) in [6.07, 6.45) is 1.72. The van der Waals surface area contributed by atoms with Crippen LogP contribution in [0.2, 0.25) is 0 Å². The molecule has 0 saturated carbocycles. The number of fused-ring (bicyclic) bond motifs is 1. The number of rotatable bonds is 7. The van der Waals surface area contributed by atoms with Crippen molar-refractivity contribution < 1.29 is 4.74 Å². The van der Waals surface area contributed by atoms with Crippen LogP contribution in [-0.2, 0) is 20.0 Å². The van der Waals surface area contributed by atoms with Crippen molar-refractivity contribution >= 4 is 11.0 Å².